The highest BCUT2D eigenvalue weighted by Gasteiger charge is 2.23. The minimum Gasteiger partial charge on any atom is -0.355 e. The SMILES string of the molecule is CC(F)(F)c1ccc(Nc2ccccc2-c2nn[nH]n2)cc1. The summed E-state index contributed by atoms with van der Waals surface area (Å²) in [5.74, 6) is -2.39. The van der Waals surface area contributed by atoms with E-state index in [1.807, 2.05) is 24.3 Å². The van der Waals surface area contributed by atoms with Gasteiger partial charge in [0.05, 0.1) is 0 Å². The Morgan fingerprint density at radius 3 is 2.41 bits per heavy atom. The zero-order valence-electron chi connectivity index (χ0n) is 11.7. The molecule has 3 aromatic rings. The first kappa shape index (κ1) is 14.1. The topological polar surface area (TPSA) is 66.5 Å². The number of alkyl halides is 2. The first-order valence-electron chi connectivity index (χ1n) is 6.62. The van der Waals surface area contributed by atoms with Crippen molar-refractivity contribution in [2.75, 3.05) is 5.32 Å². The van der Waals surface area contributed by atoms with Crippen molar-refractivity contribution in [3.63, 3.8) is 0 Å². The largest absolute Gasteiger partial charge is 0.355 e. The van der Waals surface area contributed by atoms with Crippen LogP contribution in [0.1, 0.15) is 12.5 Å². The van der Waals surface area contributed by atoms with Crippen molar-refractivity contribution in [2.45, 2.75) is 12.8 Å². The van der Waals surface area contributed by atoms with Crippen LogP contribution in [-0.4, -0.2) is 20.6 Å². The third-order valence-electron chi connectivity index (χ3n) is 3.18. The molecule has 22 heavy (non-hydrogen) atoms. The summed E-state index contributed by atoms with van der Waals surface area (Å²) in [4.78, 5) is 0. The zero-order chi connectivity index (χ0) is 15.6. The van der Waals surface area contributed by atoms with Crippen LogP contribution in [0.25, 0.3) is 11.4 Å². The third-order valence-corrected chi connectivity index (χ3v) is 3.18. The van der Waals surface area contributed by atoms with E-state index in [9.17, 15) is 8.78 Å². The molecule has 0 saturated heterocycles. The number of hydrogen-bond acceptors (Lipinski definition) is 4. The first-order chi connectivity index (χ1) is 10.5. The molecule has 112 valence electrons. The summed E-state index contributed by atoms with van der Waals surface area (Å²) < 4.78 is 26.4. The average molecular weight is 301 g/mol. The van der Waals surface area contributed by atoms with E-state index in [0.717, 1.165) is 18.2 Å². The van der Waals surface area contributed by atoms with Crippen LogP contribution in [0.5, 0.6) is 0 Å². The number of H-pyrrole nitrogens is 1. The van der Waals surface area contributed by atoms with Gasteiger partial charge in [-0.1, -0.05) is 24.3 Å². The van der Waals surface area contributed by atoms with E-state index in [-0.39, 0.29) is 5.56 Å². The van der Waals surface area contributed by atoms with Gasteiger partial charge in [-0.3, -0.25) is 0 Å². The maximum atomic E-state index is 13.2. The van der Waals surface area contributed by atoms with Crippen molar-refractivity contribution in [1.29, 1.82) is 0 Å². The molecule has 2 N–H and O–H groups in total. The monoisotopic (exact) mass is 301 g/mol. The molecule has 1 aromatic heterocycles. The zero-order valence-corrected chi connectivity index (χ0v) is 11.7. The van der Waals surface area contributed by atoms with Crippen LogP contribution < -0.4 is 5.32 Å². The van der Waals surface area contributed by atoms with Gasteiger partial charge in [0, 0.05) is 29.4 Å². The van der Waals surface area contributed by atoms with E-state index in [2.05, 4.69) is 25.9 Å². The van der Waals surface area contributed by atoms with E-state index >= 15 is 0 Å². The molecule has 0 aliphatic rings. The number of hydrogen-bond donors (Lipinski definition) is 2. The highest BCUT2D eigenvalue weighted by atomic mass is 19.3. The van der Waals surface area contributed by atoms with Gasteiger partial charge in [0.25, 0.3) is 5.92 Å². The Hall–Kier alpha value is -2.83. The van der Waals surface area contributed by atoms with Gasteiger partial charge in [-0.2, -0.15) is 5.21 Å². The van der Waals surface area contributed by atoms with Crippen molar-refractivity contribution >= 4 is 11.4 Å². The highest BCUT2D eigenvalue weighted by Crippen LogP contribution is 2.30. The van der Waals surface area contributed by atoms with Crippen LogP contribution in [0.4, 0.5) is 20.2 Å². The normalized spacial score (nSPS) is 11.4. The van der Waals surface area contributed by atoms with Crippen LogP contribution in [0.3, 0.4) is 0 Å². The summed E-state index contributed by atoms with van der Waals surface area (Å²) in [5.41, 5.74) is 2.20. The Bertz CT molecular complexity index is 748. The van der Waals surface area contributed by atoms with E-state index < -0.39 is 5.92 Å². The van der Waals surface area contributed by atoms with Crippen molar-refractivity contribution in [2.24, 2.45) is 0 Å². The number of rotatable bonds is 4. The number of nitrogens with one attached hydrogen (secondary N) is 2. The number of aromatic nitrogens is 4. The Morgan fingerprint density at radius 2 is 1.77 bits per heavy atom. The molecule has 0 radical (unpaired) electrons. The Balaban J connectivity index is 1.88. The molecule has 7 heteroatoms. The molecule has 0 atom stereocenters. The standard InChI is InChI=1S/C15H13F2N5/c1-15(16,17)10-6-8-11(9-7-10)18-13-5-3-2-4-12(13)14-19-21-22-20-14/h2-9,18H,1H3,(H,19,20,21,22). The summed E-state index contributed by atoms with van der Waals surface area (Å²) in [6.07, 6.45) is 0. The van der Waals surface area contributed by atoms with Gasteiger partial charge in [0.1, 0.15) is 0 Å². The first-order valence-corrected chi connectivity index (χ1v) is 6.62. The number of aromatic amines is 1. The van der Waals surface area contributed by atoms with Crippen molar-refractivity contribution < 1.29 is 8.78 Å². The Morgan fingerprint density at radius 1 is 1.05 bits per heavy atom. The van der Waals surface area contributed by atoms with E-state index in [4.69, 9.17) is 0 Å². The lowest BCUT2D eigenvalue weighted by Crippen LogP contribution is -2.06. The molecule has 0 saturated carbocycles. The molecular formula is C15H13F2N5. The molecule has 0 aliphatic heterocycles. The van der Waals surface area contributed by atoms with Crippen molar-refractivity contribution in [3.05, 3.63) is 54.1 Å². The lowest BCUT2D eigenvalue weighted by Gasteiger charge is -2.13. The van der Waals surface area contributed by atoms with Gasteiger partial charge >= 0.3 is 0 Å². The van der Waals surface area contributed by atoms with Gasteiger partial charge in [0.15, 0.2) is 0 Å². The Labute approximate surface area is 125 Å². The fourth-order valence-electron chi connectivity index (χ4n) is 2.06. The van der Waals surface area contributed by atoms with Crippen molar-refractivity contribution in [3.8, 4) is 11.4 Å². The minimum atomic E-state index is -2.85. The molecular weight excluding hydrogens is 288 g/mol. The second-order valence-corrected chi connectivity index (χ2v) is 4.87. The van der Waals surface area contributed by atoms with Gasteiger partial charge in [-0.25, -0.2) is 8.78 Å². The molecule has 3 rings (SSSR count). The van der Waals surface area contributed by atoms with Crippen LogP contribution in [-0.2, 0) is 5.92 Å². The number of tetrazole rings is 1. The third kappa shape index (κ3) is 2.93. The van der Waals surface area contributed by atoms with Gasteiger partial charge in [0.2, 0.25) is 5.82 Å². The minimum absolute atomic E-state index is 0.0236. The maximum Gasteiger partial charge on any atom is 0.270 e. The molecule has 5 nitrogen and oxygen atoms in total. The fraction of sp³-hybridized carbons (Fsp3) is 0.133. The molecule has 2 aromatic carbocycles. The predicted octanol–water partition coefficient (Wildman–Crippen LogP) is 3.72. The predicted molar refractivity (Wildman–Crippen MR) is 78.9 cm³/mol. The summed E-state index contributed by atoms with van der Waals surface area (Å²) in [6, 6.07) is 13.5. The maximum absolute atomic E-state index is 13.2. The smallest absolute Gasteiger partial charge is 0.270 e. The summed E-state index contributed by atoms with van der Waals surface area (Å²) in [6.45, 7) is 0.876. The molecule has 0 fully saturated rings. The van der Waals surface area contributed by atoms with Crippen LogP contribution in [0.15, 0.2) is 48.5 Å². The highest BCUT2D eigenvalue weighted by molar-refractivity contribution is 5.77. The van der Waals surface area contributed by atoms with E-state index in [1.165, 1.54) is 12.1 Å². The van der Waals surface area contributed by atoms with Gasteiger partial charge in [-0.15, -0.1) is 10.2 Å². The second-order valence-electron chi connectivity index (χ2n) is 4.87. The number of benzene rings is 2. The Kier molecular flexibility index (Phi) is 3.54. The lowest BCUT2D eigenvalue weighted by molar-refractivity contribution is 0.0175. The van der Waals surface area contributed by atoms with E-state index in [0.29, 0.717) is 11.5 Å². The quantitative estimate of drug-likeness (QED) is 0.770. The molecule has 0 unspecified atom stereocenters. The second kappa shape index (κ2) is 5.51. The molecule has 0 amide bonds. The fourth-order valence-corrected chi connectivity index (χ4v) is 2.06. The number of para-hydroxylation sites is 1. The summed E-state index contributed by atoms with van der Waals surface area (Å²) in [5, 5.41) is 17.0. The summed E-state index contributed by atoms with van der Waals surface area (Å²) in [7, 11) is 0. The number of halogens is 2. The molecule has 1 heterocycles. The van der Waals surface area contributed by atoms with Crippen LogP contribution in [0.2, 0.25) is 0 Å². The lowest BCUT2D eigenvalue weighted by atomic mass is 10.1. The molecule has 0 aliphatic carbocycles. The van der Waals surface area contributed by atoms with Gasteiger partial charge in [-0.05, 0) is 29.5 Å². The van der Waals surface area contributed by atoms with Crippen LogP contribution in [0, 0.1) is 0 Å². The average Bonchev–Trinajstić information content (AvgIpc) is 3.01. The number of anilines is 2. The van der Waals surface area contributed by atoms with Crippen LogP contribution >= 0.6 is 0 Å². The van der Waals surface area contributed by atoms with Gasteiger partial charge < -0.3 is 5.32 Å². The molecule has 0 spiro atoms. The number of nitrogens with zero attached hydrogens (tertiary/aromatic N) is 3. The molecule has 0 bridgehead atoms. The van der Waals surface area contributed by atoms with E-state index in [1.54, 1.807) is 12.1 Å². The van der Waals surface area contributed by atoms with Crippen molar-refractivity contribution in [1.82, 2.24) is 20.6 Å². The summed E-state index contributed by atoms with van der Waals surface area (Å²) >= 11 is 0.